The first-order chi connectivity index (χ1) is 25.1. The number of rotatable bonds is 15. The Labute approximate surface area is 309 Å². The topological polar surface area (TPSA) is 175 Å². The molecule has 2 amide bonds. The molecule has 53 heavy (non-hydrogen) atoms. The number of sulfonamides is 1. The van der Waals surface area contributed by atoms with Crippen LogP contribution in [0.25, 0.3) is 11.1 Å². The average molecular weight is 751 g/mol. The van der Waals surface area contributed by atoms with E-state index in [9.17, 15) is 32.9 Å². The molecule has 1 saturated heterocycles. The Kier molecular flexibility index (Phi) is 13.1. The van der Waals surface area contributed by atoms with E-state index in [-0.39, 0.29) is 25.9 Å². The van der Waals surface area contributed by atoms with Gasteiger partial charge in [-0.3, -0.25) is 14.9 Å². The van der Waals surface area contributed by atoms with Gasteiger partial charge in [0.05, 0.1) is 18.6 Å². The lowest BCUT2D eigenvalue weighted by Crippen LogP contribution is -2.57. The van der Waals surface area contributed by atoms with Gasteiger partial charge in [-0.25, -0.2) is 18.0 Å². The molecule has 0 saturated carbocycles. The Morgan fingerprint density at radius 2 is 1.66 bits per heavy atom. The number of nitrogens with zero attached hydrogens (tertiary/aromatic N) is 3. The number of hydrogen-bond donors (Lipinski definition) is 1. The molecular formula is C38H46N4O10S. The van der Waals surface area contributed by atoms with Gasteiger partial charge in [0.25, 0.3) is 5.69 Å². The number of nitro benzene ring substituents is 1. The average Bonchev–Trinajstić information content (AvgIpc) is 3.54. The van der Waals surface area contributed by atoms with Crippen LogP contribution in [0.4, 0.5) is 10.5 Å². The third kappa shape index (κ3) is 9.66. The molecule has 0 spiro atoms. The smallest absolute Gasteiger partial charge is 0.408 e. The van der Waals surface area contributed by atoms with Crippen molar-refractivity contribution in [3.63, 3.8) is 0 Å². The molecule has 1 fully saturated rings. The van der Waals surface area contributed by atoms with Crippen molar-refractivity contribution in [2.75, 3.05) is 33.9 Å². The van der Waals surface area contributed by atoms with Gasteiger partial charge in [0.15, 0.2) is 4.90 Å². The number of nitro groups is 1. The highest BCUT2D eigenvalue weighted by Crippen LogP contribution is 2.40. The molecule has 4 rings (SSSR count). The van der Waals surface area contributed by atoms with Crippen molar-refractivity contribution in [1.82, 2.24) is 14.5 Å². The fourth-order valence-electron chi connectivity index (χ4n) is 6.25. The Morgan fingerprint density at radius 3 is 2.25 bits per heavy atom. The number of unbranched alkanes of at least 4 members (excludes halogenated alkanes) is 1. The molecule has 1 heterocycles. The number of likely N-dealkylation sites (tertiary alicyclic amines) is 1. The van der Waals surface area contributed by atoms with E-state index in [1.54, 1.807) is 26.8 Å². The van der Waals surface area contributed by atoms with E-state index in [1.807, 2.05) is 54.6 Å². The number of nitrogens with one attached hydrogen (secondary N) is 1. The maximum atomic E-state index is 14.7. The first-order valence-corrected chi connectivity index (χ1v) is 18.4. The predicted molar refractivity (Wildman–Crippen MR) is 197 cm³/mol. The van der Waals surface area contributed by atoms with Gasteiger partial charge >= 0.3 is 12.1 Å². The Hall–Kier alpha value is -5.12. The number of amides is 2. The molecule has 0 radical (unpaired) electrons. The first kappa shape index (κ1) is 40.6. The molecule has 0 bridgehead atoms. The van der Waals surface area contributed by atoms with Crippen LogP contribution in [-0.4, -0.2) is 92.1 Å². The van der Waals surface area contributed by atoms with Gasteiger partial charge in [0, 0.05) is 32.7 Å². The fraction of sp³-hybridized carbons (Fsp3) is 0.395. The lowest BCUT2D eigenvalue weighted by Gasteiger charge is -2.32. The van der Waals surface area contributed by atoms with E-state index in [4.69, 9.17) is 14.2 Å². The van der Waals surface area contributed by atoms with Crippen LogP contribution in [0.15, 0.2) is 96.4 Å². The number of para-hydroxylation sites is 1. The summed E-state index contributed by atoms with van der Waals surface area (Å²) in [6.07, 6.45) is 1.18. The summed E-state index contributed by atoms with van der Waals surface area (Å²) in [7, 11) is -1.99. The van der Waals surface area contributed by atoms with Crippen molar-refractivity contribution in [3.8, 4) is 11.1 Å². The number of hydrogen-bond acceptors (Lipinski definition) is 10. The van der Waals surface area contributed by atoms with E-state index >= 15 is 0 Å². The highest BCUT2D eigenvalue weighted by Gasteiger charge is 2.52. The van der Waals surface area contributed by atoms with Crippen molar-refractivity contribution in [2.24, 2.45) is 0 Å². The molecule has 284 valence electrons. The summed E-state index contributed by atoms with van der Waals surface area (Å²) in [5.74, 6) is -1.57. The minimum absolute atomic E-state index is 0.0106. The highest BCUT2D eigenvalue weighted by molar-refractivity contribution is 7.89. The van der Waals surface area contributed by atoms with Gasteiger partial charge < -0.3 is 24.4 Å². The van der Waals surface area contributed by atoms with Gasteiger partial charge in [-0.15, -0.1) is 6.58 Å². The SMILES string of the molecule is C=CCCCN(C[C@H](NC(=O)OC(C)(C)C)C(=O)N1C[C@](OC)(c2ccc(-c3ccccc3)cc2)C[C@H]1C(=O)OC)S(=O)(=O)c1ccccc1[N+](=O)[O-]. The minimum Gasteiger partial charge on any atom is -0.467 e. The number of alkyl carbamates (subject to hydrolysis) is 1. The monoisotopic (exact) mass is 750 g/mol. The second kappa shape index (κ2) is 17.1. The van der Waals surface area contributed by atoms with Gasteiger partial charge in [-0.1, -0.05) is 72.8 Å². The predicted octanol–water partition coefficient (Wildman–Crippen LogP) is 5.43. The Bertz CT molecular complexity index is 1900. The maximum Gasteiger partial charge on any atom is 0.408 e. The van der Waals surface area contributed by atoms with Crippen molar-refractivity contribution < 1.29 is 41.9 Å². The Morgan fingerprint density at radius 1 is 1.04 bits per heavy atom. The molecule has 1 N–H and O–H groups in total. The lowest BCUT2D eigenvalue weighted by atomic mass is 9.89. The number of carbonyl (C=O) groups is 3. The van der Waals surface area contributed by atoms with Crippen LogP contribution in [0.2, 0.25) is 0 Å². The largest absolute Gasteiger partial charge is 0.467 e. The zero-order valence-electron chi connectivity index (χ0n) is 30.5. The summed E-state index contributed by atoms with van der Waals surface area (Å²) in [5.41, 5.74) is -0.235. The number of methoxy groups -OCH3 is 2. The summed E-state index contributed by atoms with van der Waals surface area (Å²) >= 11 is 0. The minimum atomic E-state index is -4.63. The molecule has 3 aromatic rings. The standard InChI is InChI=1S/C38H46N4O10S/c1-7-8-14-23-40(53(48,49)33-18-13-12-17-31(33)42(46)47)25-30(39-36(45)52-37(2,3)4)34(43)41-26-38(51-6,24-32(41)35(44)50-5)29-21-19-28(20-22-29)27-15-10-9-11-16-27/h7,9-13,15-22,30,32H,1,8,14,23-26H2,2-6H3,(H,39,45)/t30-,32-,38-/m0/s1. The third-order valence-electron chi connectivity index (χ3n) is 8.86. The van der Waals surface area contributed by atoms with Gasteiger partial charge in [0.1, 0.15) is 23.3 Å². The van der Waals surface area contributed by atoms with Crippen LogP contribution >= 0.6 is 0 Å². The van der Waals surface area contributed by atoms with E-state index < -0.39 is 73.3 Å². The number of allylic oxidation sites excluding steroid dienone is 1. The molecule has 1 aliphatic rings. The van der Waals surface area contributed by atoms with Crippen LogP contribution in [0.3, 0.4) is 0 Å². The van der Waals surface area contributed by atoms with Crippen molar-refractivity contribution in [3.05, 3.63) is 107 Å². The summed E-state index contributed by atoms with van der Waals surface area (Å²) in [6, 6.07) is 19.3. The number of benzene rings is 3. The van der Waals surface area contributed by atoms with Crippen molar-refractivity contribution in [2.45, 2.75) is 68.2 Å². The molecule has 15 heteroatoms. The zero-order chi connectivity index (χ0) is 39.0. The van der Waals surface area contributed by atoms with Crippen LogP contribution < -0.4 is 5.32 Å². The zero-order valence-corrected chi connectivity index (χ0v) is 31.3. The van der Waals surface area contributed by atoms with E-state index in [0.717, 1.165) is 27.6 Å². The van der Waals surface area contributed by atoms with Gasteiger partial charge in [0.2, 0.25) is 15.9 Å². The second-order valence-electron chi connectivity index (χ2n) is 13.6. The molecule has 0 unspecified atom stereocenters. The van der Waals surface area contributed by atoms with Gasteiger partial charge in [-0.05, 0) is 56.4 Å². The number of carbonyl (C=O) groups excluding carboxylic acids is 3. The van der Waals surface area contributed by atoms with Crippen LogP contribution in [0.5, 0.6) is 0 Å². The lowest BCUT2D eigenvalue weighted by molar-refractivity contribution is -0.387. The summed E-state index contributed by atoms with van der Waals surface area (Å²) in [6.45, 7) is 7.54. The molecule has 1 aliphatic heterocycles. The van der Waals surface area contributed by atoms with Crippen LogP contribution in [-0.2, 0) is 39.4 Å². The van der Waals surface area contributed by atoms with E-state index in [2.05, 4.69) is 11.9 Å². The van der Waals surface area contributed by atoms with E-state index in [1.165, 1.54) is 31.3 Å². The highest BCUT2D eigenvalue weighted by atomic mass is 32.2. The summed E-state index contributed by atoms with van der Waals surface area (Å²) < 4.78 is 45.9. The molecule has 3 aromatic carbocycles. The number of esters is 1. The molecule has 0 aromatic heterocycles. The Balaban J connectivity index is 1.77. The van der Waals surface area contributed by atoms with Crippen molar-refractivity contribution >= 4 is 33.7 Å². The summed E-state index contributed by atoms with van der Waals surface area (Å²) in [5, 5.41) is 14.4. The fourth-order valence-corrected chi connectivity index (χ4v) is 7.90. The van der Waals surface area contributed by atoms with Gasteiger partial charge in [-0.2, -0.15) is 4.31 Å². The quantitative estimate of drug-likeness (QED) is 0.0694. The maximum absolute atomic E-state index is 14.7. The number of ether oxygens (including phenoxy) is 3. The summed E-state index contributed by atoms with van der Waals surface area (Å²) in [4.78, 5) is 52.9. The second-order valence-corrected chi connectivity index (χ2v) is 15.5. The first-order valence-electron chi connectivity index (χ1n) is 17.0. The van der Waals surface area contributed by atoms with Crippen molar-refractivity contribution in [1.29, 1.82) is 0 Å². The van der Waals surface area contributed by atoms with E-state index in [0.29, 0.717) is 12.0 Å². The van der Waals surface area contributed by atoms with Crippen LogP contribution in [0, 0.1) is 10.1 Å². The molecular weight excluding hydrogens is 705 g/mol. The molecule has 14 nitrogen and oxygen atoms in total. The third-order valence-corrected chi connectivity index (χ3v) is 10.8. The molecule has 3 atom stereocenters. The van der Waals surface area contributed by atoms with Crippen LogP contribution in [0.1, 0.15) is 45.6 Å². The normalized spacial score (nSPS) is 17.9. The molecule has 0 aliphatic carbocycles.